The summed E-state index contributed by atoms with van der Waals surface area (Å²) in [4.78, 5) is 32.4. The summed E-state index contributed by atoms with van der Waals surface area (Å²) < 4.78 is 15.8. The predicted molar refractivity (Wildman–Crippen MR) is 118 cm³/mol. The molecule has 1 aliphatic rings. The lowest BCUT2D eigenvalue weighted by molar-refractivity contribution is -0.129. The molecule has 0 saturated heterocycles. The van der Waals surface area contributed by atoms with Crippen molar-refractivity contribution in [3.63, 3.8) is 0 Å². The largest absolute Gasteiger partial charge is 0.342 e. The highest BCUT2D eigenvalue weighted by molar-refractivity contribution is 7.99. The van der Waals surface area contributed by atoms with Crippen LogP contribution in [0, 0.1) is 5.82 Å². The number of carbonyl (C=O) groups excluding carboxylic acids is 1. The Hall–Kier alpha value is -2.67. The molecule has 0 radical (unpaired) electrons. The normalized spacial score (nSPS) is 14.7. The summed E-state index contributed by atoms with van der Waals surface area (Å²) in [6.45, 7) is 0. The minimum atomic E-state index is -0.510. The monoisotopic (exact) mass is 425 g/mol. The fraction of sp³-hybridized carbons (Fsp3) is 0.348. The average Bonchev–Trinajstić information content (AvgIpc) is 2.78. The number of hydrogen-bond acceptors (Lipinski definition) is 4. The van der Waals surface area contributed by atoms with Crippen LogP contribution in [0.2, 0.25) is 0 Å². The van der Waals surface area contributed by atoms with Gasteiger partial charge in [0.15, 0.2) is 5.16 Å². The minimum absolute atomic E-state index is 0.00519. The maximum atomic E-state index is 14.5. The Bertz CT molecular complexity index is 1120. The summed E-state index contributed by atoms with van der Waals surface area (Å²) in [5.41, 5.74) is 0.322. The third-order valence-corrected chi connectivity index (χ3v) is 6.60. The Morgan fingerprint density at radius 3 is 2.60 bits per heavy atom. The van der Waals surface area contributed by atoms with Gasteiger partial charge in [0.25, 0.3) is 5.56 Å². The van der Waals surface area contributed by atoms with E-state index in [-0.39, 0.29) is 28.9 Å². The zero-order valence-electron chi connectivity index (χ0n) is 16.9. The third kappa shape index (κ3) is 4.12. The van der Waals surface area contributed by atoms with Gasteiger partial charge in [-0.3, -0.25) is 14.2 Å². The molecule has 1 saturated carbocycles. The number of fused-ring (bicyclic) bond motifs is 1. The van der Waals surface area contributed by atoms with Gasteiger partial charge in [0, 0.05) is 13.1 Å². The van der Waals surface area contributed by atoms with Gasteiger partial charge in [-0.25, -0.2) is 9.37 Å². The van der Waals surface area contributed by atoms with E-state index < -0.39 is 5.82 Å². The van der Waals surface area contributed by atoms with E-state index in [4.69, 9.17) is 0 Å². The number of thioether (sulfide) groups is 1. The lowest BCUT2D eigenvalue weighted by Crippen LogP contribution is -2.39. The van der Waals surface area contributed by atoms with E-state index in [1.54, 1.807) is 42.5 Å². The van der Waals surface area contributed by atoms with Gasteiger partial charge in [-0.05, 0) is 37.1 Å². The van der Waals surface area contributed by atoms with Gasteiger partial charge in [-0.2, -0.15) is 0 Å². The summed E-state index contributed by atoms with van der Waals surface area (Å²) in [5, 5.41) is 0.727. The lowest BCUT2D eigenvalue weighted by Gasteiger charge is -2.31. The Balaban J connectivity index is 1.67. The number of benzene rings is 2. The molecule has 1 amide bonds. The van der Waals surface area contributed by atoms with Crippen LogP contribution in [-0.4, -0.2) is 39.2 Å². The number of rotatable bonds is 5. The van der Waals surface area contributed by atoms with Gasteiger partial charge in [0.1, 0.15) is 5.82 Å². The van der Waals surface area contributed by atoms with Crippen molar-refractivity contribution in [1.82, 2.24) is 14.5 Å². The van der Waals surface area contributed by atoms with Crippen molar-refractivity contribution in [2.75, 3.05) is 12.8 Å². The molecule has 30 heavy (non-hydrogen) atoms. The molecule has 1 heterocycles. The van der Waals surface area contributed by atoms with Crippen LogP contribution in [0.25, 0.3) is 16.6 Å². The zero-order chi connectivity index (χ0) is 21.1. The summed E-state index contributed by atoms with van der Waals surface area (Å²) in [7, 11) is 1.84. The predicted octanol–water partition coefficient (Wildman–Crippen LogP) is 4.41. The summed E-state index contributed by atoms with van der Waals surface area (Å²) >= 11 is 1.17. The Morgan fingerprint density at radius 2 is 1.83 bits per heavy atom. The molecule has 156 valence electrons. The number of amides is 1. The Labute approximate surface area is 178 Å². The lowest BCUT2D eigenvalue weighted by atomic mass is 9.94. The van der Waals surface area contributed by atoms with Crippen LogP contribution in [-0.2, 0) is 4.79 Å². The molecule has 2 aromatic carbocycles. The van der Waals surface area contributed by atoms with Crippen LogP contribution in [0.3, 0.4) is 0 Å². The van der Waals surface area contributed by atoms with Crippen molar-refractivity contribution >= 4 is 28.6 Å². The molecule has 7 heteroatoms. The van der Waals surface area contributed by atoms with Crippen LogP contribution in [0.4, 0.5) is 4.39 Å². The van der Waals surface area contributed by atoms with Crippen LogP contribution < -0.4 is 5.56 Å². The maximum absolute atomic E-state index is 14.5. The molecule has 1 aliphatic carbocycles. The van der Waals surface area contributed by atoms with Gasteiger partial charge in [0.2, 0.25) is 5.91 Å². The molecule has 0 aliphatic heterocycles. The second kappa shape index (κ2) is 9.00. The molecule has 1 aromatic heterocycles. The first kappa shape index (κ1) is 20.6. The number of halogens is 1. The first-order chi connectivity index (χ1) is 14.6. The van der Waals surface area contributed by atoms with Gasteiger partial charge in [0.05, 0.1) is 22.3 Å². The molecular formula is C23H24FN3O2S. The van der Waals surface area contributed by atoms with Gasteiger partial charge in [-0.15, -0.1) is 0 Å². The Kier molecular flexibility index (Phi) is 6.18. The number of aromatic nitrogens is 2. The van der Waals surface area contributed by atoms with Crippen molar-refractivity contribution < 1.29 is 9.18 Å². The van der Waals surface area contributed by atoms with E-state index in [0.717, 1.165) is 25.7 Å². The van der Waals surface area contributed by atoms with Crippen molar-refractivity contribution in [1.29, 1.82) is 0 Å². The molecule has 4 rings (SSSR count). The number of hydrogen-bond donors (Lipinski definition) is 0. The van der Waals surface area contributed by atoms with Crippen LogP contribution in [0.15, 0.2) is 58.5 Å². The molecule has 0 spiro atoms. The van der Waals surface area contributed by atoms with Crippen molar-refractivity contribution in [3.05, 3.63) is 64.7 Å². The molecule has 0 N–H and O–H groups in total. The van der Waals surface area contributed by atoms with E-state index >= 15 is 0 Å². The molecule has 0 bridgehead atoms. The molecule has 5 nitrogen and oxygen atoms in total. The van der Waals surface area contributed by atoms with Crippen LogP contribution in [0.5, 0.6) is 0 Å². The molecular weight excluding hydrogens is 401 g/mol. The van der Waals surface area contributed by atoms with Gasteiger partial charge < -0.3 is 4.90 Å². The maximum Gasteiger partial charge on any atom is 0.266 e. The minimum Gasteiger partial charge on any atom is -0.342 e. The van der Waals surface area contributed by atoms with Crippen molar-refractivity contribution in [2.24, 2.45) is 0 Å². The quantitative estimate of drug-likeness (QED) is 0.449. The standard InChI is InChI=1S/C23H24FN3O2S/c1-26(16-9-3-2-4-10-16)21(28)15-30-23-25-19-13-7-5-11-17(19)22(29)27(23)20-14-8-6-12-18(20)24/h5-8,11-14,16H,2-4,9-10,15H2,1H3. The molecule has 3 aromatic rings. The SMILES string of the molecule is CN(C(=O)CSc1nc2ccccc2c(=O)n1-c1ccccc1F)C1CCCCC1. The van der Waals surface area contributed by atoms with Crippen molar-refractivity contribution in [3.8, 4) is 5.69 Å². The average molecular weight is 426 g/mol. The highest BCUT2D eigenvalue weighted by atomic mass is 32.2. The van der Waals surface area contributed by atoms with Crippen LogP contribution >= 0.6 is 11.8 Å². The molecule has 1 fully saturated rings. The fourth-order valence-electron chi connectivity index (χ4n) is 3.95. The second-order valence-electron chi connectivity index (χ2n) is 7.59. The molecule has 0 atom stereocenters. The van der Waals surface area contributed by atoms with E-state index in [1.165, 1.54) is 28.8 Å². The number of nitrogens with zero attached hydrogens (tertiary/aromatic N) is 3. The van der Waals surface area contributed by atoms with Crippen molar-refractivity contribution in [2.45, 2.75) is 43.3 Å². The van der Waals surface area contributed by atoms with E-state index in [1.807, 2.05) is 11.9 Å². The zero-order valence-corrected chi connectivity index (χ0v) is 17.7. The summed E-state index contributed by atoms with van der Waals surface area (Å²) in [6.07, 6.45) is 5.58. The second-order valence-corrected chi connectivity index (χ2v) is 8.53. The fourth-order valence-corrected chi connectivity index (χ4v) is 4.88. The highest BCUT2D eigenvalue weighted by Crippen LogP contribution is 2.25. The van der Waals surface area contributed by atoms with Gasteiger partial charge >= 0.3 is 0 Å². The first-order valence-electron chi connectivity index (χ1n) is 10.2. The highest BCUT2D eigenvalue weighted by Gasteiger charge is 2.23. The Morgan fingerprint density at radius 1 is 1.13 bits per heavy atom. The smallest absolute Gasteiger partial charge is 0.266 e. The van der Waals surface area contributed by atoms with Gasteiger partial charge in [-0.1, -0.05) is 55.3 Å². The molecule has 0 unspecified atom stereocenters. The van der Waals surface area contributed by atoms with E-state index in [9.17, 15) is 14.0 Å². The van der Waals surface area contributed by atoms with Crippen LogP contribution in [0.1, 0.15) is 32.1 Å². The summed E-state index contributed by atoms with van der Waals surface area (Å²) in [5.74, 6) is -0.370. The topological polar surface area (TPSA) is 55.2 Å². The summed E-state index contributed by atoms with van der Waals surface area (Å²) in [6, 6.07) is 13.4. The third-order valence-electron chi connectivity index (χ3n) is 5.68. The van der Waals surface area contributed by atoms with E-state index in [2.05, 4.69) is 4.98 Å². The number of para-hydroxylation sites is 2. The number of carbonyl (C=O) groups is 1. The first-order valence-corrected chi connectivity index (χ1v) is 11.2. The van der Waals surface area contributed by atoms with E-state index in [0.29, 0.717) is 16.1 Å².